The summed E-state index contributed by atoms with van der Waals surface area (Å²) in [6.45, 7) is 11.2. The van der Waals surface area contributed by atoms with Crippen LogP contribution in [0.4, 0.5) is 23.5 Å². The second kappa shape index (κ2) is 71.0. The molecule has 0 saturated carbocycles. The predicted molar refractivity (Wildman–Crippen MR) is 548 cm³/mol. The second-order valence-electron chi connectivity index (χ2n) is 31.1. The van der Waals surface area contributed by atoms with Crippen LogP contribution in [0.3, 0.4) is 0 Å². The second-order valence-corrected chi connectivity index (χ2v) is 35.5. The van der Waals surface area contributed by atoms with Gasteiger partial charge in [0.2, 0.25) is 0 Å². The molecule has 10 nitrogen and oxygen atoms in total. The molecule has 710 valence electrons. The highest BCUT2D eigenvalue weighted by Crippen LogP contribution is 2.32. The average molecular weight is 1980 g/mol. The van der Waals surface area contributed by atoms with E-state index in [1.165, 1.54) is 220 Å². The molecule has 0 aromatic heterocycles. The van der Waals surface area contributed by atoms with Crippen LogP contribution in [-0.4, -0.2) is 29.8 Å². The van der Waals surface area contributed by atoms with Crippen molar-refractivity contribution in [1.82, 2.24) is 0 Å². The van der Waals surface area contributed by atoms with Crippen molar-refractivity contribution in [3.8, 4) is 28.7 Å². The van der Waals surface area contributed by atoms with Gasteiger partial charge in [-0.3, -0.25) is 23.5 Å². The maximum Gasteiger partial charge on any atom is 0.343 e. The number of hydrogen-bond donors (Lipinski definition) is 5. The molecule has 0 heterocycles. The lowest BCUT2D eigenvalue weighted by molar-refractivity contribution is 0.0725. The van der Waals surface area contributed by atoms with E-state index < -0.39 is 0 Å². The van der Waals surface area contributed by atoms with Crippen molar-refractivity contribution in [2.24, 2.45) is 0 Å². The van der Waals surface area contributed by atoms with Gasteiger partial charge >= 0.3 is 29.8 Å². The standard InChI is InChI=1S/5C21H25ClO2S.5FH/c5*1-2-3-4-5-6-7-8-16-9-11-17(12-10-16)21(23)24-18-13-14-20(25)19(22)15-18;;;;;/h5*9-15,25H,2-8H2,1H3;5*1H. The zero-order chi connectivity index (χ0) is 90.4. The average Bonchev–Trinajstić information content (AvgIpc) is 0.997. The minimum atomic E-state index is -0.380. The van der Waals surface area contributed by atoms with Crippen molar-refractivity contribution in [3.05, 3.63) is 293 Å². The third-order valence-corrected chi connectivity index (χ3v) is 24.9. The SMILES string of the molecule is CCCCCCCCc1ccc(C(=O)Oc2ccc(S)c(Cl)c2)cc1.CCCCCCCCc1ccc(C(=O)Oc2ccc(S)c(Cl)c2)cc1.CCCCCCCCc1ccc(C(=O)Oc2ccc(S)c(Cl)c2)cc1.CCCCCCCCc1ccc(C(=O)Oc2ccc(S)c(Cl)c2)cc1.CCCCCCCCc1ccc(C(=O)Oc2ccc(S)c(Cl)c2)cc1.F.F.F.F.F. The van der Waals surface area contributed by atoms with Crippen LogP contribution in [0.2, 0.25) is 25.1 Å². The van der Waals surface area contributed by atoms with Crippen molar-refractivity contribution in [1.29, 1.82) is 0 Å². The van der Waals surface area contributed by atoms with Gasteiger partial charge < -0.3 is 23.7 Å². The number of unbranched alkanes of at least 4 members (excludes halogenated alkanes) is 25. The Morgan fingerprint density at radius 2 is 0.331 bits per heavy atom. The third-order valence-electron chi connectivity index (χ3n) is 20.7. The molecule has 0 spiro atoms. The van der Waals surface area contributed by atoms with Gasteiger partial charge in [-0.05, 0) is 213 Å². The van der Waals surface area contributed by atoms with Gasteiger partial charge in [0, 0.05) is 54.8 Å². The number of halogens is 10. The molecule has 10 aromatic rings. The van der Waals surface area contributed by atoms with Gasteiger partial charge in [0.15, 0.2) is 0 Å². The molecule has 10 rings (SSSR count). The maximum atomic E-state index is 12.2. The van der Waals surface area contributed by atoms with Crippen molar-refractivity contribution in [2.75, 3.05) is 0 Å². The Morgan fingerprint density at radius 3 is 0.462 bits per heavy atom. The molecule has 0 atom stereocenters. The molecule has 10 aromatic carbocycles. The van der Waals surface area contributed by atoms with Gasteiger partial charge in [-0.1, -0.05) is 314 Å². The highest BCUT2D eigenvalue weighted by Gasteiger charge is 2.17. The Labute approximate surface area is 821 Å². The lowest BCUT2D eigenvalue weighted by atomic mass is 10.0. The molecule has 0 aliphatic heterocycles. The van der Waals surface area contributed by atoms with Gasteiger partial charge in [-0.25, -0.2) is 24.0 Å². The van der Waals surface area contributed by atoms with Crippen LogP contribution in [-0.2, 0) is 32.1 Å². The van der Waals surface area contributed by atoms with E-state index in [2.05, 4.69) is 97.8 Å². The largest absolute Gasteiger partial charge is 0.423 e. The lowest BCUT2D eigenvalue weighted by Gasteiger charge is -2.07. The normalized spacial score (nSPS) is 10.3. The van der Waals surface area contributed by atoms with Crippen molar-refractivity contribution < 1.29 is 71.2 Å². The van der Waals surface area contributed by atoms with Crippen LogP contribution < -0.4 is 23.7 Å². The summed E-state index contributed by atoms with van der Waals surface area (Å²) in [4.78, 5) is 64.3. The first-order chi connectivity index (χ1) is 60.5. The van der Waals surface area contributed by atoms with Gasteiger partial charge in [-0.2, -0.15) is 0 Å². The fourth-order valence-corrected chi connectivity index (χ4v) is 14.7. The highest BCUT2D eigenvalue weighted by atomic mass is 35.5. The predicted octanol–water partition coefficient (Wildman–Crippen LogP) is 34.5. The topological polar surface area (TPSA) is 132 Å². The Bertz CT molecular complexity index is 4150. The number of thiol groups is 5. The van der Waals surface area contributed by atoms with E-state index in [4.69, 9.17) is 81.7 Å². The van der Waals surface area contributed by atoms with Crippen LogP contribution in [0.5, 0.6) is 28.7 Å². The van der Waals surface area contributed by atoms with E-state index in [1.54, 1.807) is 91.0 Å². The Kier molecular flexibility index (Phi) is 65.8. The summed E-state index contributed by atoms with van der Waals surface area (Å²) in [5, 5.41) is 2.31. The van der Waals surface area contributed by atoms with E-state index in [0.29, 0.717) is 106 Å². The first kappa shape index (κ1) is 120. The molecular weight excluding hydrogens is 1850 g/mol. The molecule has 25 heteroatoms. The van der Waals surface area contributed by atoms with Gasteiger partial charge in [-0.15, -0.1) is 63.1 Å². The summed E-state index contributed by atoms with van der Waals surface area (Å²) in [7, 11) is 0. The minimum absolute atomic E-state index is 0. The zero-order valence-electron chi connectivity index (χ0n) is 75.2. The molecule has 130 heavy (non-hydrogen) atoms. The summed E-state index contributed by atoms with van der Waals surface area (Å²) in [5.74, 6) is 0.199. The van der Waals surface area contributed by atoms with Crippen LogP contribution >= 0.6 is 121 Å². The van der Waals surface area contributed by atoms with Gasteiger partial charge in [0.25, 0.3) is 0 Å². The fraction of sp³-hybridized carbons (Fsp3) is 0.381. The van der Waals surface area contributed by atoms with E-state index in [-0.39, 0.29) is 53.4 Å². The fourth-order valence-electron chi connectivity index (χ4n) is 13.2. The van der Waals surface area contributed by atoms with Gasteiger partial charge in [0.05, 0.1) is 52.9 Å². The lowest BCUT2D eigenvalue weighted by Crippen LogP contribution is -2.08. The molecule has 0 aliphatic carbocycles. The summed E-state index contributed by atoms with van der Waals surface area (Å²) < 4.78 is 26.8. The Morgan fingerprint density at radius 1 is 0.200 bits per heavy atom. The minimum Gasteiger partial charge on any atom is -0.423 e. The van der Waals surface area contributed by atoms with Crippen LogP contribution in [0, 0.1) is 0 Å². The van der Waals surface area contributed by atoms with E-state index in [9.17, 15) is 24.0 Å². The van der Waals surface area contributed by atoms with E-state index >= 15 is 0 Å². The zero-order valence-corrected chi connectivity index (χ0v) is 83.5. The van der Waals surface area contributed by atoms with Crippen molar-refractivity contribution in [2.45, 2.75) is 284 Å². The molecule has 0 saturated heterocycles. The van der Waals surface area contributed by atoms with Crippen LogP contribution in [0.15, 0.2) is 237 Å². The molecule has 0 unspecified atom stereocenters. The van der Waals surface area contributed by atoms with Crippen LogP contribution in [0.1, 0.15) is 307 Å². The first-order valence-corrected chi connectivity index (χ1v) is 48.6. The van der Waals surface area contributed by atoms with E-state index in [0.717, 1.165) is 32.1 Å². The van der Waals surface area contributed by atoms with Crippen LogP contribution in [0.25, 0.3) is 0 Å². The number of carbonyl (C=O) groups excluding carboxylic acids is 5. The summed E-state index contributed by atoms with van der Waals surface area (Å²) in [6, 6.07) is 63.2. The number of rotatable bonds is 45. The first-order valence-electron chi connectivity index (χ1n) is 44.5. The molecule has 0 radical (unpaired) electrons. The van der Waals surface area contributed by atoms with Crippen molar-refractivity contribution in [3.63, 3.8) is 0 Å². The Hall–Kier alpha value is -7.60. The van der Waals surface area contributed by atoms with Gasteiger partial charge in [0.1, 0.15) is 28.7 Å². The molecule has 0 amide bonds. The number of hydrogen-bond acceptors (Lipinski definition) is 15. The number of aryl methyl sites for hydroxylation is 5. The Balaban J connectivity index is 0.000000805. The summed E-state index contributed by atoms with van der Waals surface area (Å²) >= 11 is 50.9. The van der Waals surface area contributed by atoms with Crippen molar-refractivity contribution >= 4 is 151 Å². The monoisotopic (exact) mass is 1980 g/mol. The molecule has 0 bridgehead atoms. The smallest absolute Gasteiger partial charge is 0.343 e. The third kappa shape index (κ3) is 48.9. The number of ether oxygens (including phenoxy) is 5. The summed E-state index contributed by atoms with van der Waals surface area (Å²) in [6.07, 6.45) is 43.9. The molecule has 0 aliphatic rings. The quantitative estimate of drug-likeness (QED) is 0.00827. The molecule has 0 fully saturated rings. The summed E-state index contributed by atoms with van der Waals surface area (Å²) in [5.41, 5.74) is 8.99. The number of carbonyl (C=O) groups is 5. The highest BCUT2D eigenvalue weighted by molar-refractivity contribution is 7.81. The number of esters is 5. The maximum absolute atomic E-state index is 12.2. The molecule has 0 N–H and O–H groups in total. The van der Waals surface area contributed by atoms with E-state index in [1.807, 2.05) is 121 Å². The molecular formula is C105H130Cl5F5O10S5. The number of benzene rings is 10.